The van der Waals surface area contributed by atoms with Crippen LogP contribution in [0.1, 0.15) is 18.4 Å². The maximum atomic E-state index is 13.1. The zero-order valence-corrected chi connectivity index (χ0v) is 9.11. The van der Waals surface area contributed by atoms with Crippen molar-refractivity contribution < 1.29 is 14.3 Å². The first kappa shape index (κ1) is 10.3. The Morgan fingerprint density at radius 1 is 1.12 bits per heavy atom. The van der Waals surface area contributed by atoms with Crippen molar-refractivity contribution in [1.82, 2.24) is 0 Å². The number of benzene rings is 2. The van der Waals surface area contributed by atoms with Crippen LogP contribution in [0.25, 0.3) is 10.8 Å². The Kier molecular flexibility index (Phi) is 1.99. The Balaban J connectivity index is 2.16. The van der Waals surface area contributed by atoms with E-state index in [2.05, 4.69) is 0 Å². The zero-order chi connectivity index (χ0) is 12.0. The molecule has 2 aromatic carbocycles. The second-order valence-electron chi connectivity index (χ2n) is 4.59. The summed E-state index contributed by atoms with van der Waals surface area (Å²) < 4.78 is 13.1. The Morgan fingerprint density at radius 3 is 2.47 bits per heavy atom. The van der Waals surface area contributed by atoms with Crippen LogP contribution in [-0.2, 0) is 10.2 Å². The van der Waals surface area contributed by atoms with Crippen molar-refractivity contribution in [3.8, 4) is 0 Å². The molecule has 0 aromatic heterocycles. The topological polar surface area (TPSA) is 37.3 Å². The number of aliphatic carboxylic acids is 1. The standard InChI is InChI=1S/C14H11FO2/c15-12-4-2-9-1-3-11(7-10(9)8-12)14(5-6-14)13(16)17/h1-4,7-8H,5-6H2,(H,16,17). The summed E-state index contributed by atoms with van der Waals surface area (Å²) >= 11 is 0. The summed E-state index contributed by atoms with van der Waals surface area (Å²) in [6.07, 6.45) is 1.34. The van der Waals surface area contributed by atoms with Gasteiger partial charge >= 0.3 is 5.97 Å². The number of halogens is 1. The molecule has 0 spiro atoms. The van der Waals surface area contributed by atoms with Crippen molar-refractivity contribution in [2.75, 3.05) is 0 Å². The van der Waals surface area contributed by atoms with Crippen molar-refractivity contribution in [3.05, 3.63) is 47.8 Å². The predicted octanol–water partition coefficient (Wildman–Crippen LogP) is 3.10. The summed E-state index contributed by atoms with van der Waals surface area (Å²) in [4.78, 5) is 11.2. The van der Waals surface area contributed by atoms with Crippen molar-refractivity contribution in [2.24, 2.45) is 0 Å². The number of carboxylic acid groups (broad SMARTS) is 1. The quantitative estimate of drug-likeness (QED) is 0.860. The fraction of sp³-hybridized carbons (Fsp3) is 0.214. The molecule has 0 bridgehead atoms. The van der Waals surface area contributed by atoms with Gasteiger partial charge < -0.3 is 5.11 Å². The van der Waals surface area contributed by atoms with Gasteiger partial charge in [-0.1, -0.05) is 18.2 Å². The molecule has 0 radical (unpaired) electrons. The van der Waals surface area contributed by atoms with E-state index in [0.29, 0.717) is 12.8 Å². The third-order valence-corrected chi connectivity index (χ3v) is 3.51. The van der Waals surface area contributed by atoms with Gasteiger partial charge in [0.25, 0.3) is 0 Å². The van der Waals surface area contributed by atoms with Gasteiger partial charge in [0.1, 0.15) is 5.82 Å². The van der Waals surface area contributed by atoms with Crippen LogP contribution in [0.15, 0.2) is 36.4 Å². The van der Waals surface area contributed by atoms with Gasteiger partial charge in [0.15, 0.2) is 0 Å². The highest BCUT2D eigenvalue weighted by molar-refractivity contribution is 5.89. The lowest BCUT2D eigenvalue weighted by molar-refractivity contribution is -0.140. The molecule has 1 aliphatic carbocycles. The van der Waals surface area contributed by atoms with Gasteiger partial charge in [-0.25, -0.2) is 4.39 Å². The van der Waals surface area contributed by atoms with Gasteiger partial charge in [-0.3, -0.25) is 4.79 Å². The van der Waals surface area contributed by atoms with Crippen LogP contribution in [0, 0.1) is 5.82 Å². The summed E-state index contributed by atoms with van der Waals surface area (Å²) in [5.74, 6) is -1.08. The smallest absolute Gasteiger partial charge is 0.314 e. The summed E-state index contributed by atoms with van der Waals surface area (Å²) in [6, 6.07) is 10.0. The molecule has 0 unspecified atom stereocenters. The molecule has 1 fully saturated rings. The van der Waals surface area contributed by atoms with Crippen LogP contribution in [0.3, 0.4) is 0 Å². The van der Waals surface area contributed by atoms with Gasteiger partial charge in [0.2, 0.25) is 0 Å². The number of hydrogen-bond acceptors (Lipinski definition) is 1. The van der Waals surface area contributed by atoms with Crippen molar-refractivity contribution in [2.45, 2.75) is 18.3 Å². The van der Waals surface area contributed by atoms with Crippen LogP contribution in [-0.4, -0.2) is 11.1 Å². The molecule has 1 N–H and O–H groups in total. The van der Waals surface area contributed by atoms with Gasteiger partial charge in [0.05, 0.1) is 5.41 Å². The Labute approximate surface area is 97.7 Å². The average molecular weight is 230 g/mol. The lowest BCUT2D eigenvalue weighted by Crippen LogP contribution is -2.19. The number of carbonyl (C=O) groups is 1. The van der Waals surface area contributed by atoms with Gasteiger partial charge in [-0.15, -0.1) is 0 Å². The van der Waals surface area contributed by atoms with E-state index < -0.39 is 11.4 Å². The highest BCUT2D eigenvalue weighted by Gasteiger charge is 2.51. The molecule has 0 saturated heterocycles. The zero-order valence-electron chi connectivity index (χ0n) is 9.11. The average Bonchev–Trinajstić information content (AvgIpc) is 3.09. The fourth-order valence-electron chi connectivity index (χ4n) is 2.27. The van der Waals surface area contributed by atoms with E-state index in [1.54, 1.807) is 12.1 Å². The molecule has 0 atom stereocenters. The highest BCUT2D eigenvalue weighted by atomic mass is 19.1. The SMILES string of the molecule is O=C(O)C1(c2ccc3ccc(F)cc3c2)CC1. The molecule has 2 nitrogen and oxygen atoms in total. The highest BCUT2D eigenvalue weighted by Crippen LogP contribution is 2.48. The first-order chi connectivity index (χ1) is 8.12. The summed E-state index contributed by atoms with van der Waals surface area (Å²) in [7, 11) is 0. The van der Waals surface area contributed by atoms with Crippen molar-refractivity contribution in [3.63, 3.8) is 0 Å². The van der Waals surface area contributed by atoms with Crippen molar-refractivity contribution >= 4 is 16.7 Å². The van der Waals surface area contributed by atoms with E-state index in [1.165, 1.54) is 12.1 Å². The second kappa shape index (κ2) is 3.29. The van der Waals surface area contributed by atoms with Crippen LogP contribution in [0.4, 0.5) is 4.39 Å². The van der Waals surface area contributed by atoms with E-state index >= 15 is 0 Å². The molecule has 0 aliphatic heterocycles. The van der Waals surface area contributed by atoms with Crippen LogP contribution in [0.2, 0.25) is 0 Å². The van der Waals surface area contributed by atoms with E-state index in [-0.39, 0.29) is 5.82 Å². The van der Waals surface area contributed by atoms with Gasteiger partial charge in [0, 0.05) is 0 Å². The maximum Gasteiger partial charge on any atom is 0.314 e. The maximum absolute atomic E-state index is 13.1. The Morgan fingerprint density at radius 2 is 1.82 bits per heavy atom. The molecule has 1 saturated carbocycles. The second-order valence-corrected chi connectivity index (χ2v) is 4.59. The molecular formula is C14H11FO2. The summed E-state index contributed by atoms with van der Waals surface area (Å²) in [5.41, 5.74) is 0.0589. The lowest BCUT2D eigenvalue weighted by atomic mass is 9.94. The third-order valence-electron chi connectivity index (χ3n) is 3.51. The molecule has 0 heterocycles. The molecule has 3 rings (SSSR count). The molecular weight excluding hydrogens is 219 g/mol. The molecule has 1 aliphatic rings. The Bertz CT molecular complexity index is 615. The number of carboxylic acids is 1. The van der Waals surface area contributed by atoms with Crippen LogP contribution in [0.5, 0.6) is 0 Å². The molecule has 3 heteroatoms. The molecule has 86 valence electrons. The first-order valence-corrected chi connectivity index (χ1v) is 5.55. The van der Waals surface area contributed by atoms with Crippen molar-refractivity contribution in [1.29, 1.82) is 0 Å². The third kappa shape index (κ3) is 1.50. The number of hydrogen-bond donors (Lipinski definition) is 1. The fourth-order valence-corrected chi connectivity index (χ4v) is 2.27. The first-order valence-electron chi connectivity index (χ1n) is 5.55. The summed E-state index contributed by atoms with van der Waals surface area (Å²) in [5, 5.41) is 10.9. The van der Waals surface area contributed by atoms with Gasteiger partial charge in [-0.05, 0) is 47.4 Å². The molecule has 17 heavy (non-hydrogen) atoms. The van der Waals surface area contributed by atoms with E-state index in [4.69, 9.17) is 0 Å². The predicted molar refractivity (Wildman–Crippen MR) is 62.5 cm³/mol. The van der Waals surface area contributed by atoms with E-state index in [1.807, 2.05) is 12.1 Å². The summed E-state index contributed by atoms with van der Waals surface area (Å²) in [6.45, 7) is 0. The van der Waals surface area contributed by atoms with E-state index in [0.717, 1.165) is 16.3 Å². The Hall–Kier alpha value is -1.90. The van der Waals surface area contributed by atoms with Gasteiger partial charge in [-0.2, -0.15) is 0 Å². The van der Waals surface area contributed by atoms with Crippen LogP contribution < -0.4 is 0 Å². The lowest BCUT2D eigenvalue weighted by Gasteiger charge is -2.11. The van der Waals surface area contributed by atoms with Crippen LogP contribution >= 0.6 is 0 Å². The number of fused-ring (bicyclic) bond motifs is 1. The minimum atomic E-state index is -0.784. The normalized spacial score (nSPS) is 17.0. The monoisotopic (exact) mass is 230 g/mol. The van der Waals surface area contributed by atoms with E-state index in [9.17, 15) is 14.3 Å². The largest absolute Gasteiger partial charge is 0.481 e. The minimum Gasteiger partial charge on any atom is -0.481 e. The molecule has 2 aromatic rings. The minimum absolute atomic E-state index is 0.296. The number of rotatable bonds is 2. The molecule has 0 amide bonds.